The molecule has 3 aromatic carbocycles. The van der Waals surface area contributed by atoms with Crippen molar-refractivity contribution >= 4 is 18.0 Å². The third kappa shape index (κ3) is 6.16. The number of hydrogen-bond acceptors (Lipinski definition) is 5. The summed E-state index contributed by atoms with van der Waals surface area (Å²) in [6.07, 6.45) is -1.56. The summed E-state index contributed by atoms with van der Waals surface area (Å²) in [4.78, 5) is 36.9. The maximum absolute atomic E-state index is 12.7. The molecule has 0 saturated heterocycles. The summed E-state index contributed by atoms with van der Waals surface area (Å²) in [7, 11) is 0. The Morgan fingerprint density at radius 3 is 2.00 bits per heavy atom. The molecule has 4 rings (SSSR count). The Kier molecular flexibility index (Phi) is 8.20. The Bertz CT molecular complexity index is 1220. The Balaban J connectivity index is 1.30. The van der Waals surface area contributed by atoms with Crippen molar-refractivity contribution in [1.82, 2.24) is 10.6 Å². The number of alkyl carbamates (subject to hydrolysis) is 1. The second-order valence-electron chi connectivity index (χ2n) is 9.02. The van der Waals surface area contributed by atoms with Crippen molar-refractivity contribution in [3.05, 3.63) is 95.6 Å². The molecular weight excluding hydrogens is 472 g/mol. The molecule has 0 bridgehead atoms. The number of carbonyl (C=O) groups is 3. The summed E-state index contributed by atoms with van der Waals surface area (Å²) in [6.45, 7) is 3.35. The highest BCUT2D eigenvalue weighted by molar-refractivity contribution is 5.89. The molecular formula is C29H30N2O6. The van der Waals surface area contributed by atoms with E-state index in [0.29, 0.717) is 0 Å². The van der Waals surface area contributed by atoms with Crippen LogP contribution in [0.3, 0.4) is 0 Å². The van der Waals surface area contributed by atoms with Crippen LogP contribution in [0.5, 0.6) is 0 Å². The number of benzene rings is 3. The SMILES string of the molecule is CC(OCc1ccccc1)C(NC(=O)[C@@H](C)NC(=O)OCC1c2ccccc2-c2ccccc21)C(=O)O. The molecule has 3 aromatic rings. The maximum atomic E-state index is 12.7. The van der Waals surface area contributed by atoms with Crippen molar-refractivity contribution in [2.75, 3.05) is 6.61 Å². The van der Waals surface area contributed by atoms with Gasteiger partial charge in [0.15, 0.2) is 6.04 Å². The molecule has 0 saturated carbocycles. The fourth-order valence-electron chi connectivity index (χ4n) is 4.44. The second kappa shape index (κ2) is 11.7. The first kappa shape index (κ1) is 25.9. The number of amides is 2. The van der Waals surface area contributed by atoms with Gasteiger partial charge in [-0.2, -0.15) is 0 Å². The van der Waals surface area contributed by atoms with Crippen LogP contribution in [0.15, 0.2) is 78.9 Å². The van der Waals surface area contributed by atoms with E-state index in [-0.39, 0.29) is 19.1 Å². The Hall–Kier alpha value is -4.17. The highest BCUT2D eigenvalue weighted by Crippen LogP contribution is 2.44. The van der Waals surface area contributed by atoms with E-state index in [9.17, 15) is 19.5 Å². The predicted molar refractivity (Wildman–Crippen MR) is 138 cm³/mol. The standard InChI is InChI=1S/C29H30N2O6/c1-18(27(32)31-26(28(33)34)19(2)36-16-20-10-4-3-5-11-20)30-29(35)37-17-25-23-14-8-6-12-21(23)22-13-7-9-15-24(22)25/h3-15,18-19,25-26H,16-17H2,1-2H3,(H,30,35)(H,31,32)(H,33,34)/t18-,19?,26?/m1/s1. The van der Waals surface area contributed by atoms with Crippen LogP contribution < -0.4 is 10.6 Å². The Morgan fingerprint density at radius 1 is 0.838 bits per heavy atom. The molecule has 0 aromatic heterocycles. The zero-order valence-corrected chi connectivity index (χ0v) is 20.7. The Labute approximate surface area is 215 Å². The zero-order chi connectivity index (χ0) is 26.4. The average Bonchev–Trinajstić information content (AvgIpc) is 3.23. The first-order valence-corrected chi connectivity index (χ1v) is 12.2. The molecule has 0 fully saturated rings. The second-order valence-corrected chi connectivity index (χ2v) is 9.02. The van der Waals surface area contributed by atoms with E-state index in [4.69, 9.17) is 9.47 Å². The van der Waals surface area contributed by atoms with Crippen molar-refractivity contribution in [2.45, 2.75) is 44.6 Å². The summed E-state index contributed by atoms with van der Waals surface area (Å²) in [5, 5.41) is 14.5. The van der Waals surface area contributed by atoms with E-state index in [0.717, 1.165) is 27.8 Å². The topological polar surface area (TPSA) is 114 Å². The molecule has 3 atom stereocenters. The van der Waals surface area contributed by atoms with Gasteiger partial charge in [0.2, 0.25) is 5.91 Å². The summed E-state index contributed by atoms with van der Waals surface area (Å²) in [5.41, 5.74) is 5.27. The number of rotatable bonds is 10. The van der Waals surface area contributed by atoms with Gasteiger partial charge in [0.1, 0.15) is 12.6 Å². The fraction of sp³-hybridized carbons (Fsp3) is 0.276. The average molecular weight is 503 g/mol. The Morgan fingerprint density at radius 2 is 1.41 bits per heavy atom. The van der Waals surface area contributed by atoms with E-state index >= 15 is 0 Å². The van der Waals surface area contributed by atoms with Gasteiger partial charge in [0.05, 0.1) is 12.7 Å². The number of carbonyl (C=O) groups excluding carboxylic acids is 2. The zero-order valence-electron chi connectivity index (χ0n) is 20.7. The first-order valence-electron chi connectivity index (χ1n) is 12.2. The summed E-state index contributed by atoms with van der Waals surface area (Å²) >= 11 is 0. The van der Waals surface area contributed by atoms with Crippen molar-refractivity contribution < 1.29 is 29.0 Å². The monoisotopic (exact) mass is 502 g/mol. The molecule has 1 aliphatic carbocycles. The normalized spacial score (nSPS) is 14.5. The molecule has 2 amide bonds. The first-order chi connectivity index (χ1) is 17.8. The number of hydrogen-bond donors (Lipinski definition) is 3. The number of aliphatic carboxylic acids is 1. The van der Waals surface area contributed by atoms with Gasteiger partial charge in [-0.3, -0.25) is 4.79 Å². The summed E-state index contributed by atoms with van der Waals surface area (Å²) in [5.74, 6) is -2.00. The van der Waals surface area contributed by atoms with Crippen molar-refractivity contribution in [3.8, 4) is 11.1 Å². The van der Waals surface area contributed by atoms with Gasteiger partial charge in [-0.05, 0) is 41.7 Å². The number of fused-ring (bicyclic) bond motifs is 3. The lowest BCUT2D eigenvalue weighted by Crippen LogP contribution is -2.54. The van der Waals surface area contributed by atoms with Crippen LogP contribution in [-0.4, -0.2) is 47.9 Å². The lowest BCUT2D eigenvalue weighted by molar-refractivity contribution is -0.146. The maximum Gasteiger partial charge on any atom is 0.407 e. The van der Waals surface area contributed by atoms with Crippen LogP contribution >= 0.6 is 0 Å². The minimum atomic E-state index is -1.29. The minimum Gasteiger partial charge on any atom is -0.480 e. The smallest absolute Gasteiger partial charge is 0.407 e. The number of carboxylic acid groups (broad SMARTS) is 1. The minimum absolute atomic E-state index is 0.107. The highest BCUT2D eigenvalue weighted by Gasteiger charge is 2.31. The van der Waals surface area contributed by atoms with E-state index in [1.165, 1.54) is 6.92 Å². The number of carboxylic acids is 1. The molecule has 37 heavy (non-hydrogen) atoms. The third-order valence-electron chi connectivity index (χ3n) is 6.46. The van der Waals surface area contributed by atoms with Crippen molar-refractivity contribution in [2.24, 2.45) is 0 Å². The molecule has 3 N–H and O–H groups in total. The van der Waals surface area contributed by atoms with Crippen LogP contribution in [0, 0.1) is 0 Å². The van der Waals surface area contributed by atoms with Crippen molar-refractivity contribution in [1.29, 1.82) is 0 Å². The number of nitrogens with one attached hydrogen (secondary N) is 2. The quantitative estimate of drug-likeness (QED) is 0.385. The molecule has 1 aliphatic rings. The van der Waals surface area contributed by atoms with Gasteiger partial charge in [-0.15, -0.1) is 0 Å². The van der Waals surface area contributed by atoms with Gasteiger partial charge in [-0.1, -0.05) is 78.9 Å². The molecule has 192 valence electrons. The van der Waals surface area contributed by atoms with Gasteiger partial charge in [0.25, 0.3) is 0 Å². The molecule has 0 radical (unpaired) electrons. The summed E-state index contributed by atoms with van der Waals surface area (Å²) < 4.78 is 11.1. The van der Waals surface area contributed by atoms with E-state index in [2.05, 4.69) is 10.6 Å². The molecule has 0 heterocycles. The number of ether oxygens (including phenoxy) is 2. The fourth-order valence-corrected chi connectivity index (χ4v) is 4.44. The van der Waals surface area contributed by atoms with Crippen LogP contribution in [0.2, 0.25) is 0 Å². The molecule has 8 heteroatoms. The van der Waals surface area contributed by atoms with Crippen LogP contribution in [0.4, 0.5) is 4.79 Å². The van der Waals surface area contributed by atoms with E-state index < -0.39 is 36.2 Å². The summed E-state index contributed by atoms with van der Waals surface area (Å²) in [6, 6.07) is 23.0. The highest BCUT2D eigenvalue weighted by atomic mass is 16.5. The van der Waals surface area contributed by atoms with Crippen molar-refractivity contribution in [3.63, 3.8) is 0 Å². The largest absolute Gasteiger partial charge is 0.480 e. The predicted octanol–water partition coefficient (Wildman–Crippen LogP) is 4.09. The third-order valence-corrected chi connectivity index (χ3v) is 6.46. The van der Waals surface area contributed by atoms with Crippen LogP contribution in [0.1, 0.15) is 36.5 Å². The molecule has 0 spiro atoms. The van der Waals surface area contributed by atoms with Gasteiger partial charge in [0, 0.05) is 5.92 Å². The van der Waals surface area contributed by atoms with E-state index in [1.807, 2.05) is 78.9 Å². The van der Waals surface area contributed by atoms with Crippen LogP contribution in [-0.2, 0) is 25.7 Å². The lowest BCUT2D eigenvalue weighted by Gasteiger charge is -2.24. The van der Waals surface area contributed by atoms with E-state index in [1.54, 1.807) is 6.92 Å². The molecule has 2 unspecified atom stereocenters. The van der Waals surface area contributed by atoms with Gasteiger partial charge < -0.3 is 25.2 Å². The molecule has 0 aliphatic heterocycles. The lowest BCUT2D eigenvalue weighted by atomic mass is 9.98. The van der Waals surface area contributed by atoms with Gasteiger partial charge >= 0.3 is 12.1 Å². The van der Waals surface area contributed by atoms with Gasteiger partial charge in [-0.25, -0.2) is 9.59 Å². The molecule has 8 nitrogen and oxygen atoms in total. The van der Waals surface area contributed by atoms with Crippen LogP contribution in [0.25, 0.3) is 11.1 Å².